The maximum Gasteiger partial charge on any atom is 0.490 e. The Hall–Kier alpha value is -3.40. The number of carboxylic acids is 1. The van der Waals surface area contributed by atoms with Gasteiger partial charge < -0.3 is 20.3 Å². The van der Waals surface area contributed by atoms with Gasteiger partial charge in [-0.3, -0.25) is 4.79 Å². The van der Waals surface area contributed by atoms with Crippen molar-refractivity contribution < 1.29 is 23.1 Å². The van der Waals surface area contributed by atoms with Gasteiger partial charge in [-0.2, -0.15) is 13.2 Å². The van der Waals surface area contributed by atoms with Gasteiger partial charge in [0.2, 0.25) is 0 Å². The van der Waals surface area contributed by atoms with Gasteiger partial charge in [0.05, 0.1) is 5.69 Å². The van der Waals surface area contributed by atoms with E-state index in [1.165, 1.54) is 5.56 Å². The van der Waals surface area contributed by atoms with Crippen molar-refractivity contribution in [2.75, 3.05) is 24.5 Å². The minimum atomic E-state index is -5.08. The van der Waals surface area contributed by atoms with Crippen LogP contribution in [-0.4, -0.2) is 52.9 Å². The van der Waals surface area contributed by atoms with E-state index in [4.69, 9.17) is 9.90 Å². The predicted molar refractivity (Wildman–Crippen MR) is 110 cm³/mol. The number of carboxylic acid groups (broad SMARTS) is 1. The molecule has 3 aromatic rings. The highest BCUT2D eigenvalue weighted by Crippen LogP contribution is 2.24. The molecule has 0 amide bonds. The zero-order valence-electron chi connectivity index (χ0n) is 16.4. The summed E-state index contributed by atoms with van der Waals surface area (Å²) in [6.45, 7) is 2.67. The molecular weight excluding hydrogens is 413 g/mol. The van der Waals surface area contributed by atoms with Gasteiger partial charge in [-0.25, -0.2) is 9.78 Å². The van der Waals surface area contributed by atoms with Crippen LogP contribution in [0.15, 0.2) is 59.5 Å². The molecule has 1 saturated heterocycles. The molecule has 3 N–H and O–H groups in total. The Bertz CT molecular complexity index is 1090. The molecular formula is C21H21F3N4O3. The van der Waals surface area contributed by atoms with Gasteiger partial charge in [0.1, 0.15) is 5.65 Å². The molecule has 1 aromatic carbocycles. The van der Waals surface area contributed by atoms with E-state index in [1.54, 1.807) is 12.3 Å². The van der Waals surface area contributed by atoms with Crippen LogP contribution in [0.3, 0.4) is 0 Å². The molecule has 31 heavy (non-hydrogen) atoms. The maximum absolute atomic E-state index is 12.0. The number of pyridine rings is 2. The number of alkyl halides is 3. The number of aromatic amines is 1. The second-order valence-electron chi connectivity index (χ2n) is 7.01. The molecule has 1 atom stereocenters. The first-order chi connectivity index (χ1) is 14.7. The van der Waals surface area contributed by atoms with Crippen molar-refractivity contribution >= 4 is 22.7 Å². The van der Waals surface area contributed by atoms with Crippen molar-refractivity contribution in [3.05, 3.63) is 70.6 Å². The number of fused-ring (bicyclic) bond motifs is 1. The van der Waals surface area contributed by atoms with Crippen LogP contribution in [-0.2, 0) is 11.2 Å². The normalized spacial score (nSPS) is 16.5. The van der Waals surface area contributed by atoms with Gasteiger partial charge in [0.25, 0.3) is 5.56 Å². The van der Waals surface area contributed by atoms with E-state index in [0.717, 1.165) is 37.1 Å². The van der Waals surface area contributed by atoms with E-state index in [-0.39, 0.29) is 5.56 Å². The number of halogens is 3. The fraction of sp³-hybridized carbons (Fsp3) is 0.286. The van der Waals surface area contributed by atoms with Crippen LogP contribution >= 0.6 is 0 Å². The van der Waals surface area contributed by atoms with Gasteiger partial charge in [0.15, 0.2) is 0 Å². The van der Waals surface area contributed by atoms with E-state index in [9.17, 15) is 18.0 Å². The van der Waals surface area contributed by atoms with Crippen LogP contribution in [0.1, 0.15) is 5.56 Å². The van der Waals surface area contributed by atoms with Crippen LogP contribution < -0.4 is 15.8 Å². The first-order valence-corrected chi connectivity index (χ1v) is 9.54. The molecule has 0 radical (unpaired) electrons. The highest BCUT2D eigenvalue weighted by Gasteiger charge is 2.38. The van der Waals surface area contributed by atoms with Gasteiger partial charge in [-0.05, 0) is 24.1 Å². The fourth-order valence-corrected chi connectivity index (χ4v) is 3.41. The number of carbonyl (C=O) groups is 1. The lowest BCUT2D eigenvalue weighted by Crippen LogP contribution is -2.51. The fourth-order valence-electron chi connectivity index (χ4n) is 3.41. The number of piperazine rings is 1. The third kappa shape index (κ3) is 6.05. The largest absolute Gasteiger partial charge is 0.490 e. The molecule has 0 spiro atoms. The summed E-state index contributed by atoms with van der Waals surface area (Å²) in [6, 6.07) is 16.5. The van der Waals surface area contributed by atoms with Crippen LogP contribution in [0.2, 0.25) is 0 Å². The number of anilines is 1. The van der Waals surface area contributed by atoms with Crippen LogP contribution in [0.5, 0.6) is 0 Å². The number of aliphatic carboxylic acids is 1. The molecule has 7 nitrogen and oxygen atoms in total. The van der Waals surface area contributed by atoms with Gasteiger partial charge in [0, 0.05) is 43.3 Å². The second kappa shape index (κ2) is 9.61. The Labute approximate surface area is 175 Å². The number of nitrogens with zero attached hydrogens (tertiary/aromatic N) is 2. The van der Waals surface area contributed by atoms with Crippen molar-refractivity contribution in [1.29, 1.82) is 0 Å². The summed E-state index contributed by atoms with van der Waals surface area (Å²) >= 11 is 0. The van der Waals surface area contributed by atoms with Crippen molar-refractivity contribution in [2.45, 2.75) is 18.6 Å². The first kappa shape index (κ1) is 22.3. The average molecular weight is 434 g/mol. The molecule has 10 heteroatoms. The Morgan fingerprint density at radius 3 is 2.58 bits per heavy atom. The van der Waals surface area contributed by atoms with E-state index in [2.05, 4.69) is 44.5 Å². The van der Waals surface area contributed by atoms with Crippen molar-refractivity contribution in [2.24, 2.45) is 0 Å². The quantitative estimate of drug-likeness (QED) is 0.586. The summed E-state index contributed by atoms with van der Waals surface area (Å²) in [4.78, 5) is 30.3. The molecule has 1 fully saturated rings. The molecule has 1 aliphatic rings. The Morgan fingerprint density at radius 2 is 1.90 bits per heavy atom. The maximum atomic E-state index is 12.0. The summed E-state index contributed by atoms with van der Waals surface area (Å²) in [5, 5.41) is 11.7. The summed E-state index contributed by atoms with van der Waals surface area (Å²) in [5.41, 5.74) is 2.85. The summed E-state index contributed by atoms with van der Waals surface area (Å²) < 4.78 is 31.7. The predicted octanol–water partition coefficient (Wildman–Crippen LogP) is 2.58. The molecule has 1 unspecified atom stereocenters. The van der Waals surface area contributed by atoms with Crippen molar-refractivity contribution in [3.8, 4) is 0 Å². The topological polar surface area (TPSA) is 98.3 Å². The highest BCUT2D eigenvalue weighted by molar-refractivity contribution is 5.89. The van der Waals surface area contributed by atoms with Crippen LogP contribution in [0, 0.1) is 0 Å². The van der Waals surface area contributed by atoms with Crippen LogP contribution in [0.25, 0.3) is 11.0 Å². The Balaban J connectivity index is 0.000000339. The summed E-state index contributed by atoms with van der Waals surface area (Å²) in [5.74, 6) is -2.76. The average Bonchev–Trinajstić information content (AvgIpc) is 2.74. The monoisotopic (exact) mass is 434 g/mol. The number of hydrogen-bond acceptors (Lipinski definition) is 5. The number of rotatable bonds is 3. The number of nitrogens with one attached hydrogen (secondary N) is 2. The second-order valence-corrected chi connectivity index (χ2v) is 7.01. The molecule has 164 valence electrons. The number of benzene rings is 1. The SMILES string of the molecule is O=C(O)C(F)(F)F.O=c1cc(N2CCNC(Cc3ccccc3)C2)c2cccnc2[nH]1. The lowest BCUT2D eigenvalue weighted by molar-refractivity contribution is -0.192. The molecule has 0 aliphatic carbocycles. The third-order valence-electron chi connectivity index (χ3n) is 4.76. The zero-order chi connectivity index (χ0) is 22.4. The third-order valence-corrected chi connectivity index (χ3v) is 4.76. The summed E-state index contributed by atoms with van der Waals surface area (Å²) in [6.07, 6.45) is -2.39. The molecule has 4 rings (SSSR count). The number of aromatic nitrogens is 2. The van der Waals surface area contributed by atoms with E-state index in [1.807, 2.05) is 18.2 Å². The van der Waals surface area contributed by atoms with Crippen molar-refractivity contribution in [1.82, 2.24) is 15.3 Å². The lowest BCUT2D eigenvalue weighted by Gasteiger charge is -2.35. The first-order valence-electron chi connectivity index (χ1n) is 9.54. The lowest BCUT2D eigenvalue weighted by atomic mass is 10.0. The van der Waals surface area contributed by atoms with Gasteiger partial charge in [-0.15, -0.1) is 0 Å². The highest BCUT2D eigenvalue weighted by atomic mass is 19.4. The zero-order valence-corrected chi connectivity index (χ0v) is 16.4. The minimum Gasteiger partial charge on any atom is -0.475 e. The molecule has 1 aliphatic heterocycles. The van der Waals surface area contributed by atoms with Crippen molar-refractivity contribution in [3.63, 3.8) is 0 Å². The van der Waals surface area contributed by atoms with Gasteiger partial charge in [-0.1, -0.05) is 30.3 Å². The number of H-pyrrole nitrogens is 1. The summed E-state index contributed by atoms with van der Waals surface area (Å²) in [7, 11) is 0. The standard InChI is InChI=1S/C19H20N4O.C2HF3O2/c24-18-12-17(16-7-4-8-21-19(16)22-18)23-10-9-20-15(13-23)11-14-5-2-1-3-6-14;3-2(4,5)1(6)7/h1-8,12,15,20H,9-11,13H2,(H,21,22,24);(H,6,7). The molecule has 2 aromatic heterocycles. The van der Waals surface area contributed by atoms with Crippen LogP contribution in [0.4, 0.5) is 18.9 Å². The smallest absolute Gasteiger partial charge is 0.475 e. The number of hydrogen-bond donors (Lipinski definition) is 3. The Morgan fingerprint density at radius 1 is 1.19 bits per heavy atom. The molecule has 0 bridgehead atoms. The Kier molecular flexibility index (Phi) is 6.91. The molecule has 3 heterocycles. The van der Waals surface area contributed by atoms with E-state index in [0.29, 0.717) is 11.7 Å². The van der Waals surface area contributed by atoms with E-state index >= 15 is 0 Å². The minimum absolute atomic E-state index is 0.102. The molecule has 0 saturated carbocycles. The van der Waals surface area contributed by atoms with E-state index < -0.39 is 12.1 Å². The van der Waals surface area contributed by atoms with Gasteiger partial charge >= 0.3 is 12.1 Å².